The second kappa shape index (κ2) is 7.39. The highest BCUT2D eigenvalue weighted by Crippen LogP contribution is 2.27. The molecule has 126 valence electrons. The molecule has 0 bridgehead atoms. The summed E-state index contributed by atoms with van der Waals surface area (Å²) < 4.78 is 0. The van der Waals surface area contributed by atoms with Crippen molar-refractivity contribution in [1.82, 2.24) is 0 Å². The zero-order valence-electron chi connectivity index (χ0n) is 14.5. The molecule has 24 heavy (non-hydrogen) atoms. The highest BCUT2D eigenvalue weighted by atomic mass is 15.1. The number of nitrogens with zero attached hydrogens (tertiary/aromatic N) is 2. The number of aryl methyl sites for hydroxylation is 2. The molecular formula is C20H26N4. The van der Waals surface area contributed by atoms with E-state index >= 15 is 0 Å². The molecule has 4 nitrogen and oxygen atoms in total. The van der Waals surface area contributed by atoms with Gasteiger partial charge in [0.1, 0.15) is 0 Å². The predicted octanol–water partition coefficient (Wildman–Crippen LogP) is 3.56. The molecule has 0 aliphatic carbocycles. The third-order valence-electron chi connectivity index (χ3n) is 4.53. The maximum absolute atomic E-state index is 6.04. The SMILES string of the molecule is CCc1cccc(NC(N)=NCc2ccc3c(c2)CCCN3C)c1. The van der Waals surface area contributed by atoms with Crippen LogP contribution in [0.3, 0.4) is 0 Å². The van der Waals surface area contributed by atoms with Crippen molar-refractivity contribution >= 4 is 17.3 Å². The van der Waals surface area contributed by atoms with Crippen LogP contribution in [0.5, 0.6) is 0 Å². The van der Waals surface area contributed by atoms with Crippen molar-refractivity contribution in [3.05, 3.63) is 59.2 Å². The minimum Gasteiger partial charge on any atom is -0.374 e. The number of anilines is 2. The molecule has 0 aromatic heterocycles. The minimum absolute atomic E-state index is 0.457. The van der Waals surface area contributed by atoms with Crippen LogP contribution in [0.4, 0.5) is 11.4 Å². The van der Waals surface area contributed by atoms with E-state index in [0.717, 1.165) is 25.1 Å². The van der Waals surface area contributed by atoms with Crippen molar-refractivity contribution in [3.8, 4) is 0 Å². The van der Waals surface area contributed by atoms with Crippen LogP contribution in [-0.4, -0.2) is 19.6 Å². The number of nitrogens with one attached hydrogen (secondary N) is 1. The van der Waals surface area contributed by atoms with Crippen molar-refractivity contribution in [2.45, 2.75) is 32.7 Å². The molecule has 2 aromatic rings. The normalized spacial score (nSPS) is 14.4. The minimum atomic E-state index is 0.457. The Morgan fingerprint density at radius 2 is 2.08 bits per heavy atom. The fraction of sp³-hybridized carbons (Fsp3) is 0.350. The number of rotatable bonds is 4. The van der Waals surface area contributed by atoms with Crippen molar-refractivity contribution in [2.24, 2.45) is 10.7 Å². The van der Waals surface area contributed by atoms with E-state index in [9.17, 15) is 0 Å². The fourth-order valence-electron chi connectivity index (χ4n) is 3.17. The lowest BCUT2D eigenvalue weighted by Gasteiger charge is -2.27. The molecule has 0 radical (unpaired) electrons. The zero-order chi connectivity index (χ0) is 16.9. The first-order valence-electron chi connectivity index (χ1n) is 8.64. The lowest BCUT2D eigenvalue weighted by molar-refractivity contribution is 0.743. The Hall–Kier alpha value is -2.49. The first kappa shape index (κ1) is 16.4. The first-order valence-corrected chi connectivity index (χ1v) is 8.64. The monoisotopic (exact) mass is 322 g/mol. The summed E-state index contributed by atoms with van der Waals surface area (Å²) in [5.74, 6) is 0.457. The van der Waals surface area contributed by atoms with E-state index in [1.54, 1.807) is 0 Å². The molecule has 3 rings (SSSR count). The average molecular weight is 322 g/mol. The predicted molar refractivity (Wildman–Crippen MR) is 103 cm³/mol. The second-order valence-electron chi connectivity index (χ2n) is 6.37. The van der Waals surface area contributed by atoms with Gasteiger partial charge in [-0.05, 0) is 54.2 Å². The van der Waals surface area contributed by atoms with E-state index in [1.165, 1.54) is 28.8 Å². The first-order chi connectivity index (χ1) is 11.7. The fourth-order valence-corrected chi connectivity index (χ4v) is 3.17. The Bertz CT molecular complexity index is 736. The van der Waals surface area contributed by atoms with Gasteiger partial charge in [-0.2, -0.15) is 0 Å². The van der Waals surface area contributed by atoms with Crippen LogP contribution in [-0.2, 0) is 19.4 Å². The van der Waals surface area contributed by atoms with Crippen LogP contribution in [0, 0.1) is 0 Å². The Labute approximate surface area is 144 Å². The maximum atomic E-state index is 6.04. The van der Waals surface area contributed by atoms with Gasteiger partial charge in [0, 0.05) is 25.0 Å². The average Bonchev–Trinajstić information content (AvgIpc) is 2.60. The smallest absolute Gasteiger partial charge is 0.193 e. The number of nitrogens with two attached hydrogens (primary N) is 1. The van der Waals surface area contributed by atoms with Gasteiger partial charge in [0.15, 0.2) is 5.96 Å². The third-order valence-corrected chi connectivity index (χ3v) is 4.53. The van der Waals surface area contributed by atoms with E-state index in [-0.39, 0.29) is 0 Å². The molecule has 0 saturated carbocycles. The summed E-state index contributed by atoms with van der Waals surface area (Å²) in [5, 5.41) is 3.18. The van der Waals surface area contributed by atoms with E-state index < -0.39 is 0 Å². The lowest BCUT2D eigenvalue weighted by atomic mass is 10.00. The molecule has 0 saturated heterocycles. The summed E-state index contributed by atoms with van der Waals surface area (Å²) in [6, 6.07) is 14.9. The molecular weight excluding hydrogens is 296 g/mol. The summed E-state index contributed by atoms with van der Waals surface area (Å²) in [7, 11) is 2.15. The van der Waals surface area contributed by atoms with Crippen LogP contribution >= 0.6 is 0 Å². The van der Waals surface area contributed by atoms with Gasteiger partial charge in [-0.25, -0.2) is 4.99 Å². The van der Waals surface area contributed by atoms with E-state index in [0.29, 0.717) is 12.5 Å². The van der Waals surface area contributed by atoms with Crippen molar-refractivity contribution in [1.29, 1.82) is 0 Å². The standard InChI is InChI=1S/C20H26N4/c1-3-15-6-4-8-18(13-15)23-20(21)22-14-16-9-10-19-17(12-16)7-5-11-24(19)2/h4,6,8-10,12-13H,3,5,7,11,14H2,1-2H3,(H3,21,22,23). The summed E-state index contributed by atoms with van der Waals surface area (Å²) in [6.45, 7) is 3.88. The Kier molecular flexibility index (Phi) is 5.04. The molecule has 4 heteroatoms. The van der Waals surface area contributed by atoms with Crippen molar-refractivity contribution in [3.63, 3.8) is 0 Å². The topological polar surface area (TPSA) is 53.6 Å². The Balaban J connectivity index is 1.66. The van der Waals surface area contributed by atoms with Gasteiger partial charge in [0.25, 0.3) is 0 Å². The van der Waals surface area contributed by atoms with E-state index in [1.807, 2.05) is 12.1 Å². The van der Waals surface area contributed by atoms with Gasteiger partial charge in [0.05, 0.1) is 6.54 Å². The number of fused-ring (bicyclic) bond motifs is 1. The van der Waals surface area contributed by atoms with E-state index in [4.69, 9.17) is 5.73 Å². The summed E-state index contributed by atoms with van der Waals surface area (Å²) in [4.78, 5) is 6.80. The molecule has 1 aliphatic rings. The molecule has 1 heterocycles. The Morgan fingerprint density at radius 3 is 2.92 bits per heavy atom. The molecule has 0 amide bonds. The van der Waals surface area contributed by atoms with Gasteiger partial charge in [0.2, 0.25) is 0 Å². The Morgan fingerprint density at radius 1 is 1.21 bits per heavy atom. The highest BCUT2D eigenvalue weighted by Gasteiger charge is 2.13. The van der Waals surface area contributed by atoms with Crippen LogP contribution < -0.4 is 16.0 Å². The van der Waals surface area contributed by atoms with Gasteiger partial charge in [-0.3, -0.25) is 0 Å². The van der Waals surface area contributed by atoms with Crippen LogP contribution in [0.15, 0.2) is 47.5 Å². The molecule has 0 unspecified atom stereocenters. The van der Waals surface area contributed by atoms with E-state index in [2.05, 4.69) is 59.5 Å². The number of hydrogen-bond acceptors (Lipinski definition) is 2. The number of hydrogen-bond donors (Lipinski definition) is 2. The van der Waals surface area contributed by atoms with Crippen LogP contribution in [0.2, 0.25) is 0 Å². The molecule has 0 atom stereocenters. The van der Waals surface area contributed by atoms with Gasteiger partial charge in [-0.15, -0.1) is 0 Å². The van der Waals surface area contributed by atoms with Crippen molar-refractivity contribution in [2.75, 3.05) is 23.8 Å². The zero-order valence-corrected chi connectivity index (χ0v) is 14.5. The van der Waals surface area contributed by atoms with Crippen LogP contribution in [0.25, 0.3) is 0 Å². The summed E-state index contributed by atoms with van der Waals surface area (Å²) >= 11 is 0. The summed E-state index contributed by atoms with van der Waals surface area (Å²) in [5.41, 5.74) is 12.3. The number of benzene rings is 2. The molecule has 0 spiro atoms. The number of guanidine groups is 1. The third kappa shape index (κ3) is 3.88. The van der Waals surface area contributed by atoms with Gasteiger partial charge < -0.3 is 16.0 Å². The van der Waals surface area contributed by atoms with Crippen LogP contribution in [0.1, 0.15) is 30.0 Å². The number of aliphatic imine (C=N–C) groups is 1. The quantitative estimate of drug-likeness (QED) is 0.668. The van der Waals surface area contributed by atoms with Crippen molar-refractivity contribution < 1.29 is 0 Å². The van der Waals surface area contributed by atoms with Gasteiger partial charge in [-0.1, -0.05) is 31.2 Å². The molecule has 3 N–H and O–H groups in total. The molecule has 2 aromatic carbocycles. The summed E-state index contributed by atoms with van der Waals surface area (Å²) in [6.07, 6.45) is 3.37. The molecule has 0 fully saturated rings. The maximum Gasteiger partial charge on any atom is 0.193 e. The second-order valence-corrected chi connectivity index (χ2v) is 6.37. The largest absolute Gasteiger partial charge is 0.374 e. The van der Waals surface area contributed by atoms with Gasteiger partial charge >= 0.3 is 0 Å². The molecule has 1 aliphatic heterocycles. The lowest BCUT2D eigenvalue weighted by Crippen LogP contribution is -2.24. The highest BCUT2D eigenvalue weighted by molar-refractivity contribution is 5.92.